The number of aromatic nitrogens is 3. The van der Waals surface area contributed by atoms with E-state index in [4.69, 9.17) is 20.8 Å². The van der Waals surface area contributed by atoms with E-state index in [1.807, 2.05) is 54.6 Å². The molecule has 0 radical (unpaired) electrons. The van der Waals surface area contributed by atoms with Gasteiger partial charge in [0.2, 0.25) is 5.95 Å². The minimum Gasteiger partial charge on any atom is -0.485 e. The van der Waals surface area contributed by atoms with E-state index in [-0.39, 0.29) is 18.3 Å². The first-order valence-electron chi connectivity index (χ1n) is 9.97. The van der Waals surface area contributed by atoms with Gasteiger partial charge in [-0.1, -0.05) is 54.1 Å². The number of hydrogen-bond donors (Lipinski definition) is 1. The molecule has 2 aromatic carbocycles. The van der Waals surface area contributed by atoms with Gasteiger partial charge in [0, 0.05) is 5.02 Å². The van der Waals surface area contributed by atoms with Crippen molar-refractivity contribution >= 4 is 23.5 Å². The molecule has 0 aliphatic heterocycles. The zero-order valence-electron chi connectivity index (χ0n) is 17.2. The number of benzene rings is 2. The number of nitrogens with zero attached hydrogens (tertiary/aromatic N) is 3. The molecule has 8 heteroatoms. The SMILES string of the molecule is C=CCc1ccccc1OCc1ccc(C(=O)Nc2ncn(Cc3ccccc3Cl)n2)o1. The van der Waals surface area contributed by atoms with E-state index < -0.39 is 5.91 Å². The van der Waals surface area contributed by atoms with Crippen LogP contribution in [0.3, 0.4) is 0 Å². The fraction of sp³-hybridized carbons (Fsp3) is 0.125. The van der Waals surface area contributed by atoms with Crippen molar-refractivity contribution in [2.45, 2.75) is 19.6 Å². The Morgan fingerprint density at radius 3 is 2.72 bits per heavy atom. The lowest BCUT2D eigenvalue weighted by Crippen LogP contribution is -2.12. The van der Waals surface area contributed by atoms with Gasteiger partial charge in [0.1, 0.15) is 24.4 Å². The van der Waals surface area contributed by atoms with Crippen LogP contribution in [-0.4, -0.2) is 20.7 Å². The van der Waals surface area contributed by atoms with Gasteiger partial charge in [-0.25, -0.2) is 9.67 Å². The maximum absolute atomic E-state index is 12.5. The van der Waals surface area contributed by atoms with Crippen molar-refractivity contribution in [3.8, 4) is 5.75 Å². The average Bonchev–Trinajstić information content (AvgIpc) is 3.45. The van der Waals surface area contributed by atoms with Crippen LogP contribution < -0.4 is 10.1 Å². The van der Waals surface area contributed by atoms with E-state index >= 15 is 0 Å². The highest BCUT2D eigenvalue weighted by atomic mass is 35.5. The molecule has 7 nitrogen and oxygen atoms in total. The molecule has 0 fully saturated rings. The fourth-order valence-electron chi connectivity index (χ4n) is 3.09. The zero-order chi connectivity index (χ0) is 22.3. The van der Waals surface area contributed by atoms with Gasteiger partial charge in [0.05, 0.1) is 6.54 Å². The van der Waals surface area contributed by atoms with Gasteiger partial charge in [-0.15, -0.1) is 11.7 Å². The van der Waals surface area contributed by atoms with Gasteiger partial charge in [-0.2, -0.15) is 0 Å². The van der Waals surface area contributed by atoms with Gasteiger partial charge in [-0.3, -0.25) is 10.1 Å². The molecule has 4 rings (SSSR count). The van der Waals surface area contributed by atoms with Crippen molar-refractivity contribution < 1.29 is 13.9 Å². The third kappa shape index (κ3) is 5.25. The van der Waals surface area contributed by atoms with Gasteiger partial charge in [-0.05, 0) is 41.8 Å². The molecule has 0 saturated heterocycles. The van der Waals surface area contributed by atoms with Crippen LogP contribution in [0.15, 0.2) is 84.1 Å². The molecule has 4 aromatic rings. The summed E-state index contributed by atoms with van der Waals surface area (Å²) in [6.07, 6.45) is 4.06. The van der Waals surface area contributed by atoms with Gasteiger partial charge < -0.3 is 9.15 Å². The number of nitrogens with one attached hydrogen (secondary N) is 1. The van der Waals surface area contributed by atoms with Gasteiger partial charge in [0.25, 0.3) is 5.91 Å². The molecule has 32 heavy (non-hydrogen) atoms. The third-order valence-electron chi connectivity index (χ3n) is 4.64. The maximum atomic E-state index is 12.5. The molecule has 0 aliphatic carbocycles. The van der Waals surface area contributed by atoms with Crippen molar-refractivity contribution in [2.75, 3.05) is 5.32 Å². The lowest BCUT2D eigenvalue weighted by atomic mass is 10.1. The zero-order valence-corrected chi connectivity index (χ0v) is 18.0. The summed E-state index contributed by atoms with van der Waals surface area (Å²) in [4.78, 5) is 16.6. The Morgan fingerprint density at radius 2 is 1.91 bits per heavy atom. The number of halogens is 1. The third-order valence-corrected chi connectivity index (χ3v) is 5.01. The van der Waals surface area contributed by atoms with Crippen LogP contribution >= 0.6 is 11.6 Å². The molecular formula is C24H21ClN4O3. The molecule has 2 aromatic heterocycles. The number of anilines is 1. The largest absolute Gasteiger partial charge is 0.485 e. The number of rotatable bonds is 9. The summed E-state index contributed by atoms with van der Waals surface area (Å²) in [5, 5.41) is 7.54. The highest BCUT2D eigenvalue weighted by Crippen LogP contribution is 2.21. The highest BCUT2D eigenvalue weighted by molar-refractivity contribution is 6.31. The molecule has 0 unspecified atom stereocenters. The number of ether oxygens (including phenoxy) is 1. The fourth-order valence-corrected chi connectivity index (χ4v) is 3.28. The van der Waals surface area contributed by atoms with Gasteiger partial charge in [0.15, 0.2) is 5.76 Å². The molecule has 2 heterocycles. The predicted octanol–water partition coefficient (Wildman–Crippen LogP) is 5.13. The predicted molar refractivity (Wildman–Crippen MR) is 122 cm³/mol. The van der Waals surface area contributed by atoms with Crippen molar-refractivity contribution in [1.29, 1.82) is 0 Å². The summed E-state index contributed by atoms with van der Waals surface area (Å²) in [6, 6.07) is 18.5. The van der Waals surface area contributed by atoms with Crippen LogP contribution in [0.4, 0.5) is 5.95 Å². The second kappa shape index (κ2) is 9.98. The smallest absolute Gasteiger partial charge is 0.293 e. The number of allylic oxidation sites excluding steroid dienone is 1. The summed E-state index contributed by atoms with van der Waals surface area (Å²) >= 11 is 6.18. The van der Waals surface area contributed by atoms with Crippen LogP contribution in [0.1, 0.15) is 27.4 Å². The Kier molecular flexibility index (Phi) is 6.67. The molecule has 0 aliphatic rings. The van der Waals surface area contributed by atoms with E-state index in [0.29, 0.717) is 23.7 Å². The summed E-state index contributed by atoms with van der Waals surface area (Å²) in [5.41, 5.74) is 1.94. The quantitative estimate of drug-likeness (QED) is 0.359. The van der Waals surface area contributed by atoms with Crippen LogP contribution in [0.5, 0.6) is 5.75 Å². The summed E-state index contributed by atoms with van der Waals surface area (Å²) in [6.45, 7) is 4.41. The Balaban J connectivity index is 1.35. The summed E-state index contributed by atoms with van der Waals surface area (Å²) in [7, 11) is 0. The number of furan rings is 1. The lowest BCUT2D eigenvalue weighted by molar-refractivity contribution is 0.0991. The Bertz CT molecular complexity index is 1230. The second-order valence-corrected chi connectivity index (χ2v) is 7.37. The Hall–Kier alpha value is -3.84. The summed E-state index contributed by atoms with van der Waals surface area (Å²) in [5.74, 6) is 1.16. The lowest BCUT2D eigenvalue weighted by Gasteiger charge is -2.08. The maximum Gasteiger partial charge on any atom is 0.293 e. The van der Waals surface area contributed by atoms with Crippen LogP contribution in [0, 0.1) is 0 Å². The monoisotopic (exact) mass is 448 g/mol. The first-order chi connectivity index (χ1) is 15.6. The molecule has 1 N–H and O–H groups in total. The summed E-state index contributed by atoms with van der Waals surface area (Å²) < 4.78 is 13.1. The molecule has 0 bridgehead atoms. The molecule has 0 spiro atoms. The van der Waals surface area contributed by atoms with Crippen molar-refractivity contribution in [3.05, 3.63) is 107 Å². The number of hydrogen-bond acceptors (Lipinski definition) is 5. The van der Waals surface area contributed by atoms with E-state index in [2.05, 4.69) is 22.0 Å². The van der Waals surface area contributed by atoms with Crippen molar-refractivity contribution in [3.63, 3.8) is 0 Å². The van der Waals surface area contributed by atoms with Gasteiger partial charge >= 0.3 is 0 Å². The van der Waals surface area contributed by atoms with Crippen molar-refractivity contribution in [1.82, 2.24) is 14.8 Å². The van der Waals surface area contributed by atoms with Crippen LogP contribution in [0.25, 0.3) is 0 Å². The van der Waals surface area contributed by atoms with Crippen molar-refractivity contribution in [2.24, 2.45) is 0 Å². The van der Waals surface area contributed by atoms with Crippen LogP contribution in [-0.2, 0) is 19.6 Å². The Labute approximate surface area is 190 Å². The average molecular weight is 449 g/mol. The molecule has 1 amide bonds. The molecule has 0 atom stereocenters. The number of amides is 1. The van der Waals surface area contributed by atoms with E-state index in [0.717, 1.165) is 16.9 Å². The standard InChI is InChI=1S/C24H21ClN4O3/c1-2-7-17-8-4-6-11-21(17)31-15-19-12-13-22(32-19)23(30)27-24-26-16-29(28-24)14-18-9-3-5-10-20(18)25/h2-6,8-13,16H,1,7,14-15H2,(H,27,28,30). The van der Waals surface area contributed by atoms with Crippen LogP contribution in [0.2, 0.25) is 5.02 Å². The number of para-hydroxylation sites is 1. The van der Waals surface area contributed by atoms with E-state index in [1.54, 1.807) is 16.8 Å². The number of carbonyl (C=O) groups excluding carboxylic acids is 1. The minimum atomic E-state index is -0.446. The molecule has 162 valence electrons. The number of carbonyl (C=O) groups is 1. The molecular weight excluding hydrogens is 428 g/mol. The van der Waals surface area contributed by atoms with E-state index in [1.165, 1.54) is 6.33 Å². The normalized spacial score (nSPS) is 10.7. The highest BCUT2D eigenvalue weighted by Gasteiger charge is 2.14. The topological polar surface area (TPSA) is 82.2 Å². The second-order valence-electron chi connectivity index (χ2n) is 6.97. The first kappa shape index (κ1) is 21.4. The van der Waals surface area contributed by atoms with E-state index in [9.17, 15) is 4.79 Å². The molecule has 0 saturated carbocycles. The Morgan fingerprint density at radius 1 is 1.12 bits per heavy atom. The first-order valence-corrected chi connectivity index (χ1v) is 10.3. The minimum absolute atomic E-state index is 0.144.